The van der Waals surface area contributed by atoms with E-state index in [0.29, 0.717) is 12.5 Å². The molecule has 0 amide bonds. The molecule has 1 saturated heterocycles. The van der Waals surface area contributed by atoms with Crippen molar-refractivity contribution < 1.29 is 13.2 Å². The van der Waals surface area contributed by atoms with Crippen molar-refractivity contribution in [1.82, 2.24) is 4.90 Å². The fourth-order valence-electron chi connectivity index (χ4n) is 3.03. The van der Waals surface area contributed by atoms with E-state index in [1.807, 2.05) is 18.2 Å². The van der Waals surface area contributed by atoms with Gasteiger partial charge in [-0.3, -0.25) is 0 Å². The standard InChI is InChI=1S/C16H24ClNO3S/c1-21-16-6-5-15(17)11-14(16)10-13-4-3-7-18(12-13)8-9-22(2,19)20/h5-6,11,13H,3-4,7-10,12H2,1-2H3/t13-/m1/s1. The zero-order valence-electron chi connectivity index (χ0n) is 13.2. The van der Waals surface area contributed by atoms with Crippen LogP contribution in [-0.2, 0) is 16.3 Å². The number of nitrogens with zero attached hydrogens (tertiary/aromatic N) is 1. The first-order chi connectivity index (χ1) is 10.4. The number of rotatable bonds is 6. The predicted octanol–water partition coefficient (Wildman–Crippen LogP) is 2.65. The Morgan fingerprint density at radius 1 is 1.41 bits per heavy atom. The van der Waals surface area contributed by atoms with Crippen molar-refractivity contribution in [2.45, 2.75) is 19.3 Å². The Labute approximate surface area is 138 Å². The molecule has 0 aliphatic carbocycles. The Hall–Kier alpha value is -0.780. The molecule has 124 valence electrons. The number of piperidine rings is 1. The van der Waals surface area contributed by atoms with Gasteiger partial charge < -0.3 is 9.64 Å². The Bertz CT molecular complexity index is 603. The van der Waals surface area contributed by atoms with Crippen LogP contribution in [0.5, 0.6) is 5.75 Å². The van der Waals surface area contributed by atoms with Crippen LogP contribution in [-0.4, -0.2) is 52.1 Å². The second-order valence-corrected chi connectivity index (χ2v) is 8.80. The Kier molecular flexibility index (Phi) is 6.12. The van der Waals surface area contributed by atoms with E-state index in [1.54, 1.807) is 7.11 Å². The van der Waals surface area contributed by atoms with Gasteiger partial charge in [0.1, 0.15) is 15.6 Å². The van der Waals surface area contributed by atoms with Crippen LogP contribution >= 0.6 is 11.6 Å². The van der Waals surface area contributed by atoms with Crippen LogP contribution in [0.15, 0.2) is 18.2 Å². The number of methoxy groups -OCH3 is 1. The molecule has 0 bridgehead atoms. The van der Waals surface area contributed by atoms with Crippen LogP contribution in [0.3, 0.4) is 0 Å². The second kappa shape index (κ2) is 7.66. The predicted molar refractivity (Wildman–Crippen MR) is 90.6 cm³/mol. The van der Waals surface area contributed by atoms with Crippen molar-refractivity contribution in [1.29, 1.82) is 0 Å². The lowest BCUT2D eigenvalue weighted by Crippen LogP contribution is -2.38. The number of ether oxygens (including phenoxy) is 1. The number of hydrogen-bond acceptors (Lipinski definition) is 4. The van der Waals surface area contributed by atoms with Gasteiger partial charge in [-0.1, -0.05) is 11.6 Å². The highest BCUT2D eigenvalue weighted by Gasteiger charge is 2.22. The number of hydrogen-bond donors (Lipinski definition) is 0. The molecule has 1 aliphatic rings. The first-order valence-electron chi connectivity index (χ1n) is 7.60. The number of likely N-dealkylation sites (tertiary alicyclic amines) is 1. The van der Waals surface area contributed by atoms with Crippen molar-refractivity contribution >= 4 is 21.4 Å². The van der Waals surface area contributed by atoms with E-state index < -0.39 is 9.84 Å². The van der Waals surface area contributed by atoms with E-state index in [2.05, 4.69) is 4.90 Å². The van der Waals surface area contributed by atoms with Crippen LogP contribution in [0, 0.1) is 5.92 Å². The fourth-order valence-corrected chi connectivity index (χ4v) is 3.82. The van der Waals surface area contributed by atoms with Gasteiger partial charge in [-0.2, -0.15) is 0 Å². The summed E-state index contributed by atoms with van der Waals surface area (Å²) in [5.74, 6) is 1.62. The lowest BCUT2D eigenvalue weighted by Gasteiger charge is -2.32. The first-order valence-corrected chi connectivity index (χ1v) is 10.0. The average Bonchev–Trinajstić information content (AvgIpc) is 2.45. The summed E-state index contributed by atoms with van der Waals surface area (Å²) >= 11 is 6.09. The van der Waals surface area contributed by atoms with Crippen LogP contribution in [0.1, 0.15) is 18.4 Å². The molecule has 2 rings (SSSR count). The zero-order valence-corrected chi connectivity index (χ0v) is 14.8. The molecule has 4 nitrogen and oxygen atoms in total. The van der Waals surface area contributed by atoms with Crippen molar-refractivity contribution in [3.05, 3.63) is 28.8 Å². The molecule has 0 saturated carbocycles. The van der Waals surface area contributed by atoms with E-state index in [9.17, 15) is 8.42 Å². The summed E-state index contributed by atoms with van der Waals surface area (Å²) in [7, 11) is -1.22. The van der Waals surface area contributed by atoms with Gasteiger partial charge in [0.05, 0.1) is 12.9 Å². The summed E-state index contributed by atoms with van der Waals surface area (Å²) in [5.41, 5.74) is 1.13. The van der Waals surface area contributed by atoms with Gasteiger partial charge in [-0.05, 0) is 55.5 Å². The fraction of sp³-hybridized carbons (Fsp3) is 0.625. The molecule has 1 fully saturated rings. The second-order valence-electron chi connectivity index (χ2n) is 6.10. The molecule has 1 aromatic rings. The van der Waals surface area contributed by atoms with Crippen molar-refractivity contribution in [2.75, 3.05) is 38.8 Å². The SMILES string of the molecule is COc1ccc(Cl)cc1C[C@H]1CCCN(CCS(C)(=O)=O)C1. The minimum absolute atomic E-state index is 0.236. The molecule has 0 radical (unpaired) electrons. The molecule has 0 spiro atoms. The average molecular weight is 346 g/mol. The summed E-state index contributed by atoms with van der Waals surface area (Å²) in [6, 6.07) is 5.71. The van der Waals surface area contributed by atoms with Crippen molar-refractivity contribution in [2.24, 2.45) is 5.92 Å². The highest BCUT2D eigenvalue weighted by Crippen LogP contribution is 2.28. The largest absolute Gasteiger partial charge is 0.496 e. The van der Waals surface area contributed by atoms with Gasteiger partial charge in [0.15, 0.2) is 0 Å². The van der Waals surface area contributed by atoms with E-state index in [-0.39, 0.29) is 5.75 Å². The van der Waals surface area contributed by atoms with Crippen LogP contribution < -0.4 is 4.74 Å². The number of halogens is 1. The summed E-state index contributed by atoms with van der Waals surface area (Å²) in [5, 5.41) is 0.723. The molecule has 1 heterocycles. The first kappa shape index (κ1) is 17.6. The Morgan fingerprint density at radius 2 is 2.18 bits per heavy atom. The lowest BCUT2D eigenvalue weighted by atomic mass is 9.91. The smallest absolute Gasteiger partial charge is 0.148 e. The van der Waals surface area contributed by atoms with Crippen LogP contribution in [0.4, 0.5) is 0 Å². The van der Waals surface area contributed by atoms with E-state index in [4.69, 9.17) is 16.3 Å². The minimum atomic E-state index is -2.90. The van der Waals surface area contributed by atoms with Gasteiger partial charge in [0, 0.05) is 24.4 Å². The summed E-state index contributed by atoms with van der Waals surface area (Å²) in [6.07, 6.45) is 4.48. The maximum atomic E-state index is 11.3. The topological polar surface area (TPSA) is 46.6 Å². The van der Waals surface area contributed by atoms with Crippen LogP contribution in [0.25, 0.3) is 0 Å². The molecule has 0 N–H and O–H groups in total. The molecule has 0 unspecified atom stereocenters. The van der Waals surface area contributed by atoms with Crippen molar-refractivity contribution in [3.8, 4) is 5.75 Å². The van der Waals surface area contributed by atoms with E-state index in [0.717, 1.165) is 48.7 Å². The maximum Gasteiger partial charge on any atom is 0.148 e. The van der Waals surface area contributed by atoms with Gasteiger partial charge in [-0.25, -0.2) is 8.42 Å². The third kappa shape index (κ3) is 5.45. The summed E-state index contributed by atoms with van der Waals surface area (Å²) in [6.45, 7) is 2.55. The number of sulfone groups is 1. The van der Waals surface area contributed by atoms with Gasteiger partial charge in [-0.15, -0.1) is 0 Å². The zero-order chi connectivity index (χ0) is 16.2. The molecule has 22 heavy (non-hydrogen) atoms. The molecule has 6 heteroatoms. The van der Waals surface area contributed by atoms with E-state index >= 15 is 0 Å². The third-order valence-corrected chi connectivity index (χ3v) is 5.29. The Balaban J connectivity index is 1.97. The Morgan fingerprint density at radius 3 is 2.86 bits per heavy atom. The highest BCUT2D eigenvalue weighted by atomic mass is 35.5. The molecular weight excluding hydrogens is 322 g/mol. The maximum absolute atomic E-state index is 11.3. The third-order valence-electron chi connectivity index (χ3n) is 4.13. The van der Waals surface area contributed by atoms with Crippen LogP contribution in [0.2, 0.25) is 5.02 Å². The number of benzene rings is 1. The summed E-state index contributed by atoms with van der Waals surface area (Å²) < 4.78 is 28.0. The molecule has 1 aromatic carbocycles. The minimum Gasteiger partial charge on any atom is -0.496 e. The molecule has 0 aromatic heterocycles. The highest BCUT2D eigenvalue weighted by molar-refractivity contribution is 7.90. The normalized spacial score (nSPS) is 20.0. The van der Waals surface area contributed by atoms with Gasteiger partial charge in [0.25, 0.3) is 0 Å². The van der Waals surface area contributed by atoms with Crippen molar-refractivity contribution in [3.63, 3.8) is 0 Å². The lowest BCUT2D eigenvalue weighted by molar-refractivity contribution is 0.182. The molecule has 1 aliphatic heterocycles. The molecular formula is C16H24ClNO3S. The van der Waals surface area contributed by atoms with Gasteiger partial charge >= 0.3 is 0 Å². The molecule has 1 atom stereocenters. The monoisotopic (exact) mass is 345 g/mol. The quantitative estimate of drug-likeness (QED) is 0.795. The van der Waals surface area contributed by atoms with E-state index in [1.165, 1.54) is 6.26 Å². The summed E-state index contributed by atoms with van der Waals surface area (Å²) in [4.78, 5) is 2.26. The van der Waals surface area contributed by atoms with Gasteiger partial charge in [0.2, 0.25) is 0 Å².